The van der Waals surface area contributed by atoms with Crippen LogP contribution in [0.3, 0.4) is 0 Å². The lowest BCUT2D eigenvalue weighted by Crippen LogP contribution is -2.70. The highest BCUT2D eigenvalue weighted by atomic mass is 19.4. The van der Waals surface area contributed by atoms with Gasteiger partial charge in [-0.1, -0.05) is 38.5 Å². The molecule has 0 fully saturated rings. The molecule has 19 heteroatoms. The van der Waals surface area contributed by atoms with Crippen LogP contribution >= 0.6 is 0 Å². The first-order chi connectivity index (χ1) is 17.9. The lowest BCUT2D eigenvalue weighted by Gasteiger charge is -2.39. The fourth-order valence-electron chi connectivity index (χ4n) is 3.19. The number of rotatable bonds is 19. The van der Waals surface area contributed by atoms with Crippen molar-refractivity contribution in [2.45, 2.75) is 113 Å². The molecule has 0 radical (unpaired) electrons. The molecule has 0 rings (SSSR count). The molecule has 0 bridgehead atoms. The summed E-state index contributed by atoms with van der Waals surface area (Å²) in [5.41, 5.74) is 0. The summed E-state index contributed by atoms with van der Waals surface area (Å²) < 4.78 is 174. The normalized spacial score (nSPS) is 14.6. The van der Waals surface area contributed by atoms with Gasteiger partial charge in [-0.15, -0.1) is 0 Å². The molecule has 2 N–H and O–H groups in total. The van der Waals surface area contributed by atoms with Crippen molar-refractivity contribution in [1.82, 2.24) is 0 Å². The van der Waals surface area contributed by atoms with Crippen LogP contribution in [0.25, 0.3) is 0 Å². The Morgan fingerprint density at radius 1 is 0.575 bits per heavy atom. The summed E-state index contributed by atoms with van der Waals surface area (Å²) in [5, 5.41) is 17.3. The number of esters is 1. The lowest BCUT2D eigenvalue weighted by molar-refractivity contribution is -0.440. The standard InChI is InChI=1S/C21H25F13O6/c22-16(23,17(24,25)18(26,27)19(28,29)20(30,31)21(32,33)34)10-8-6-4-2-1-3-5-7-9-14(37)40-12(15(38)39)11-13(35)36/h12H,1-11H2,(H,35,36)(H,38,39). The number of halogens is 13. The molecule has 0 spiro atoms. The Hall–Kier alpha value is -2.50. The zero-order valence-electron chi connectivity index (χ0n) is 20.3. The van der Waals surface area contributed by atoms with E-state index in [0.717, 1.165) is 0 Å². The summed E-state index contributed by atoms with van der Waals surface area (Å²) in [4.78, 5) is 32.9. The topological polar surface area (TPSA) is 101 Å². The summed E-state index contributed by atoms with van der Waals surface area (Å²) >= 11 is 0. The quantitative estimate of drug-likeness (QED) is 0.0909. The van der Waals surface area contributed by atoms with Gasteiger partial charge in [0.1, 0.15) is 0 Å². The van der Waals surface area contributed by atoms with Crippen LogP contribution < -0.4 is 0 Å². The van der Waals surface area contributed by atoms with Gasteiger partial charge in [-0.25, -0.2) is 4.79 Å². The van der Waals surface area contributed by atoms with E-state index in [1.807, 2.05) is 0 Å². The van der Waals surface area contributed by atoms with Gasteiger partial charge in [0.25, 0.3) is 0 Å². The number of hydrogen-bond donors (Lipinski definition) is 2. The van der Waals surface area contributed by atoms with E-state index >= 15 is 0 Å². The predicted molar refractivity (Wildman–Crippen MR) is 107 cm³/mol. The molecule has 0 aliphatic rings. The molecule has 0 amide bonds. The van der Waals surface area contributed by atoms with Gasteiger partial charge in [0.15, 0.2) is 0 Å². The Morgan fingerprint density at radius 2 is 0.975 bits per heavy atom. The zero-order chi connectivity index (χ0) is 31.8. The Labute approximate surface area is 217 Å². The predicted octanol–water partition coefficient (Wildman–Crippen LogP) is 7.10. The Kier molecular flexibility index (Phi) is 13.0. The smallest absolute Gasteiger partial charge is 0.460 e. The molecule has 1 unspecified atom stereocenters. The molecule has 1 atom stereocenters. The Balaban J connectivity index is 4.57. The molecule has 0 aromatic rings. The SMILES string of the molecule is O=C(O)CC(OC(=O)CCCCCCCCCCC(F)(F)C(F)(F)C(F)(F)C(F)(F)C(F)(F)C(F)(F)F)C(=O)O. The maximum atomic E-state index is 13.7. The molecule has 40 heavy (non-hydrogen) atoms. The van der Waals surface area contributed by atoms with Crippen LogP contribution in [0, 0.1) is 0 Å². The van der Waals surface area contributed by atoms with Gasteiger partial charge in [-0.2, -0.15) is 57.1 Å². The molecule has 0 saturated carbocycles. The second kappa shape index (κ2) is 13.9. The minimum Gasteiger partial charge on any atom is -0.481 e. The fourth-order valence-corrected chi connectivity index (χ4v) is 3.19. The van der Waals surface area contributed by atoms with Crippen LogP contribution in [0.5, 0.6) is 0 Å². The molecule has 0 heterocycles. The van der Waals surface area contributed by atoms with Gasteiger partial charge in [0.2, 0.25) is 6.10 Å². The summed E-state index contributed by atoms with van der Waals surface area (Å²) in [5.74, 6) is -40.9. The van der Waals surface area contributed by atoms with Crippen LogP contribution in [0.15, 0.2) is 0 Å². The first-order valence-electron chi connectivity index (χ1n) is 11.5. The average molecular weight is 620 g/mol. The number of ether oxygens (including phenoxy) is 1. The third kappa shape index (κ3) is 9.01. The highest BCUT2D eigenvalue weighted by molar-refractivity contribution is 5.82. The van der Waals surface area contributed by atoms with Crippen LogP contribution in [-0.4, -0.2) is 70.0 Å². The van der Waals surface area contributed by atoms with Gasteiger partial charge in [0, 0.05) is 12.8 Å². The van der Waals surface area contributed by atoms with E-state index in [1.165, 1.54) is 0 Å². The number of hydrogen-bond acceptors (Lipinski definition) is 4. The van der Waals surface area contributed by atoms with E-state index in [-0.39, 0.29) is 32.1 Å². The van der Waals surface area contributed by atoms with Crippen LogP contribution in [0.4, 0.5) is 57.1 Å². The third-order valence-electron chi connectivity index (χ3n) is 5.53. The van der Waals surface area contributed by atoms with Crippen molar-refractivity contribution in [3.8, 4) is 0 Å². The number of carboxylic acid groups (broad SMARTS) is 2. The van der Waals surface area contributed by atoms with Crippen molar-refractivity contribution in [3.63, 3.8) is 0 Å². The second-order valence-corrected chi connectivity index (χ2v) is 8.74. The highest BCUT2D eigenvalue weighted by Crippen LogP contribution is 2.60. The average Bonchev–Trinajstić information content (AvgIpc) is 2.78. The van der Waals surface area contributed by atoms with Gasteiger partial charge < -0.3 is 14.9 Å². The molecule has 236 valence electrons. The monoisotopic (exact) mass is 620 g/mol. The molecule has 0 saturated heterocycles. The Bertz CT molecular complexity index is 858. The largest absolute Gasteiger partial charge is 0.481 e. The van der Waals surface area contributed by atoms with Crippen molar-refractivity contribution in [1.29, 1.82) is 0 Å². The molecule has 0 aromatic heterocycles. The number of unbranched alkanes of at least 4 members (excludes halogenated alkanes) is 7. The van der Waals surface area contributed by atoms with Gasteiger partial charge in [-0.05, 0) is 12.8 Å². The van der Waals surface area contributed by atoms with E-state index in [9.17, 15) is 71.5 Å². The molecule has 0 aliphatic carbocycles. The number of carboxylic acids is 2. The van der Waals surface area contributed by atoms with Crippen molar-refractivity contribution < 1.29 is 86.4 Å². The van der Waals surface area contributed by atoms with E-state index in [1.54, 1.807) is 0 Å². The number of alkyl halides is 13. The summed E-state index contributed by atoms with van der Waals surface area (Å²) in [6.45, 7) is 0. The summed E-state index contributed by atoms with van der Waals surface area (Å²) in [6.07, 6.45) is -12.5. The van der Waals surface area contributed by atoms with E-state index in [4.69, 9.17) is 10.2 Å². The van der Waals surface area contributed by atoms with Gasteiger partial charge in [0.05, 0.1) is 6.42 Å². The van der Waals surface area contributed by atoms with Crippen molar-refractivity contribution in [2.75, 3.05) is 0 Å². The van der Waals surface area contributed by atoms with E-state index < -0.39 is 79.1 Å². The minimum absolute atomic E-state index is 0.0257. The maximum absolute atomic E-state index is 13.7. The summed E-state index contributed by atoms with van der Waals surface area (Å²) in [6, 6.07) is 0. The van der Waals surface area contributed by atoms with Crippen LogP contribution in [0.2, 0.25) is 0 Å². The van der Waals surface area contributed by atoms with Crippen LogP contribution in [0.1, 0.15) is 70.6 Å². The number of aliphatic carboxylic acids is 2. The minimum atomic E-state index is -7.90. The Morgan fingerprint density at radius 3 is 1.38 bits per heavy atom. The van der Waals surface area contributed by atoms with E-state index in [0.29, 0.717) is 19.3 Å². The van der Waals surface area contributed by atoms with Gasteiger partial charge >= 0.3 is 53.7 Å². The van der Waals surface area contributed by atoms with E-state index in [2.05, 4.69) is 4.74 Å². The lowest BCUT2D eigenvalue weighted by atomic mass is 9.91. The third-order valence-corrected chi connectivity index (χ3v) is 5.53. The van der Waals surface area contributed by atoms with Crippen LogP contribution in [-0.2, 0) is 19.1 Å². The fraction of sp³-hybridized carbons (Fsp3) is 0.857. The molecule has 6 nitrogen and oxygen atoms in total. The second-order valence-electron chi connectivity index (χ2n) is 8.74. The molecular formula is C21H25F13O6. The first kappa shape index (κ1) is 37.5. The zero-order valence-corrected chi connectivity index (χ0v) is 20.3. The van der Waals surface area contributed by atoms with Gasteiger partial charge in [-0.3, -0.25) is 9.59 Å². The summed E-state index contributed by atoms with van der Waals surface area (Å²) in [7, 11) is 0. The van der Waals surface area contributed by atoms with Crippen molar-refractivity contribution in [3.05, 3.63) is 0 Å². The number of carbonyl (C=O) groups is 3. The highest BCUT2D eigenvalue weighted by Gasteiger charge is 2.90. The molecule has 0 aliphatic heterocycles. The molecule has 0 aromatic carbocycles. The molecular weight excluding hydrogens is 595 g/mol. The maximum Gasteiger partial charge on any atom is 0.460 e. The first-order valence-corrected chi connectivity index (χ1v) is 11.5. The van der Waals surface area contributed by atoms with Crippen molar-refractivity contribution in [2.24, 2.45) is 0 Å². The van der Waals surface area contributed by atoms with Crippen molar-refractivity contribution >= 4 is 17.9 Å². The number of carbonyl (C=O) groups excluding carboxylic acids is 1.